The number of carbonyl (C=O) groups is 5. The SMILES string of the molecule is CC[C@H](C)[C@@H](NC(=O)[C@@H](C(C)C)N(C)C(=O)[C@H](NC)C(C)C)C(=O)C(CC(=O)N1CCC[C@@H]1C(OC)[C@H](C)C(=O)N[C@@H](C)[C@H](O)c1ccccc1)OC. The first-order chi connectivity index (χ1) is 25.0. The van der Waals surface area contributed by atoms with E-state index >= 15 is 0 Å². The number of aliphatic hydroxyl groups is 1. The Morgan fingerprint density at radius 1 is 0.906 bits per heavy atom. The van der Waals surface area contributed by atoms with E-state index in [2.05, 4.69) is 16.0 Å². The van der Waals surface area contributed by atoms with E-state index in [-0.39, 0.29) is 41.9 Å². The van der Waals surface area contributed by atoms with Crippen LogP contribution in [0.3, 0.4) is 0 Å². The Morgan fingerprint density at radius 3 is 2.04 bits per heavy atom. The van der Waals surface area contributed by atoms with Crippen molar-refractivity contribution in [1.29, 1.82) is 0 Å². The van der Waals surface area contributed by atoms with E-state index in [0.29, 0.717) is 31.4 Å². The van der Waals surface area contributed by atoms with Gasteiger partial charge in [0.25, 0.3) is 0 Å². The molecule has 53 heavy (non-hydrogen) atoms. The molecule has 0 aromatic heterocycles. The molecule has 4 N–H and O–H groups in total. The molecule has 0 bridgehead atoms. The quantitative estimate of drug-likeness (QED) is 0.148. The Bertz CT molecular complexity index is 1340. The molecule has 1 fully saturated rings. The second kappa shape index (κ2) is 21.5. The molecule has 1 saturated heterocycles. The standard InChI is InChI=1S/C40H67N5O8/c1-13-25(6)33(43-39(50)34(24(4)5)44(10)40(51)32(41-9)23(2)3)36(48)30(52-11)22-31(46)45-21-17-20-29(45)37(53-12)26(7)38(49)42-27(8)35(47)28-18-15-14-16-19-28/h14-16,18-19,23-27,29-30,32-35,37,41,47H,13,17,20-22H2,1-12H3,(H,42,49)(H,43,50)/t25-,26-,27-,29+,30?,32+,33+,34+,35-,37?/m0/s1. The van der Waals surface area contributed by atoms with E-state index in [0.717, 1.165) is 0 Å². The molecule has 1 aliphatic rings. The average Bonchev–Trinajstić information content (AvgIpc) is 3.62. The largest absolute Gasteiger partial charge is 0.386 e. The van der Waals surface area contributed by atoms with Gasteiger partial charge in [0, 0.05) is 27.8 Å². The summed E-state index contributed by atoms with van der Waals surface area (Å²) in [6, 6.07) is 5.83. The summed E-state index contributed by atoms with van der Waals surface area (Å²) in [5, 5.41) is 19.7. The second-order valence-electron chi connectivity index (χ2n) is 15.3. The van der Waals surface area contributed by atoms with Gasteiger partial charge in [-0.25, -0.2) is 0 Å². The lowest BCUT2D eigenvalue weighted by molar-refractivity contribution is -0.147. The summed E-state index contributed by atoms with van der Waals surface area (Å²) in [5.41, 5.74) is 0.688. The van der Waals surface area contributed by atoms with Gasteiger partial charge in [-0.3, -0.25) is 24.0 Å². The number of hydrogen-bond acceptors (Lipinski definition) is 9. The Labute approximate surface area is 317 Å². The minimum absolute atomic E-state index is 0.00218. The number of likely N-dealkylation sites (N-methyl/N-ethyl adjacent to an activating group) is 2. The molecule has 300 valence electrons. The first-order valence-corrected chi connectivity index (χ1v) is 19.1. The predicted octanol–water partition coefficient (Wildman–Crippen LogP) is 3.10. The van der Waals surface area contributed by atoms with Crippen molar-refractivity contribution in [2.75, 3.05) is 34.9 Å². The zero-order valence-electron chi connectivity index (χ0n) is 34.0. The molecule has 10 atom stereocenters. The smallest absolute Gasteiger partial charge is 0.243 e. The van der Waals surface area contributed by atoms with E-state index in [9.17, 15) is 29.1 Å². The fraction of sp³-hybridized carbons (Fsp3) is 0.725. The number of carbonyl (C=O) groups excluding carboxylic acids is 5. The lowest BCUT2D eigenvalue weighted by Gasteiger charge is -2.36. The molecule has 2 unspecified atom stereocenters. The third-order valence-electron chi connectivity index (χ3n) is 10.8. The van der Waals surface area contributed by atoms with E-state index in [4.69, 9.17) is 9.47 Å². The van der Waals surface area contributed by atoms with Crippen LogP contribution in [0.25, 0.3) is 0 Å². The highest BCUT2D eigenvalue weighted by Gasteiger charge is 2.43. The summed E-state index contributed by atoms with van der Waals surface area (Å²) in [6.45, 7) is 15.2. The zero-order chi connectivity index (χ0) is 40.2. The fourth-order valence-corrected chi connectivity index (χ4v) is 7.43. The first-order valence-electron chi connectivity index (χ1n) is 19.1. The molecule has 1 aliphatic heterocycles. The van der Waals surface area contributed by atoms with Gasteiger partial charge in [-0.05, 0) is 50.1 Å². The van der Waals surface area contributed by atoms with Gasteiger partial charge in [0.15, 0.2) is 5.78 Å². The second-order valence-corrected chi connectivity index (χ2v) is 15.3. The first kappa shape index (κ1) is 45.8. The van der Waals surface area contributed by atoms with Gasteiger partial charge < -0.3 is 40.3 Å². The monoisotopic (exact) mass is 745 g/mol. The number of likely N-dealkylation sites (tertiary alicyclic amines) is 1. The van der Waals surface area contributed by atoms with Crippen LogP contribution >= 0.6 is 0 Å². The van der Waals surface area contributed by atoms with E-state index in [1.54, 1.807) is 45.0 Å². The number of rotatable bonds is 21. The van der Waals surface area contributed by atoms with E-state index < -0.39 is 66.1 Å². The molecule has 2 rings (SSSR count). The maximum atomic E-state index is 14.1. The summed E-state index contributed by atoms with van der Waals surface area (Å²) in [5.74, 6) is -2.91. The summed E-state index contributed by atoms with van der Waals surface area (Å²) >= 11 is 0. The number of ether oxygens (including phenoxy) is 2. The number of Topliss-reactive ketones (excluding diaryl/α,β-unsaturated/α-hetero) is 1. The number of methoxy groups -OCH3 is 2. The molecule has 1 aromatic carbocycles. The zero-order valence-corrected chi connectivity index (χ0v) is 34.0. The number of nitrogens with one attached hydrogen (secondary N) is 3. The third-order valence-corrected chi connectivity index (χ3v) is 10.8. The number of aliphatic hydroxyl groups excluding tert-OH is 1. The van der Waals surface area contributed by atoms with Crippen LogP contribution in [0.1, 0.15) is 92.7 Å². The molecular weight excluding hydrogens is 678 g/mol. The minimum atomic E-state index is -1.14. The third kappa shape index (κ3) is 11.8. The molecule has 0 radical (unpaired) electrons. The van der Waals surface area contributed by atoms with Gasteiger partial charge in [0.2, 0.25) is 23.6 Å². The van der Waals surface area contributed by atoms with E-state index in [1.807, 2.05) is 59.7 Å². The summed E-state index contributed by atoms with van der Waals surface area (Å²) in [6.07, 6.45) is -1.07. The maximum absolute atomic E-state index is 14.1. The number of nitrogens with zero attached hydrogens (tertiary/aromatic N) is 2. The van der Waals surface area contributed by atoms with Gasteiger partial charge in [0.1, 0.15) is 12.1 Å². The van der Waals surface area contributed by atoms with Crippen molar-refractivity contribution in [2.45, 2.75) is 130 Å². The van der Waals surface area contributed by atoms with Crippen LogP contribution in [0.15, 0.2) is 30.3 Å². The fourth-order valence-electron chi connectivity index (χ4n) is 7.43. The highest BCUT2D eigenvalue weighted by molar-refractivity contribution is 5.97. The van der Waals surface area contributed by atoms with Crippen molar-refractivity contribution in [1.82, 2.24) is 25.8 Å². The van der Waals surface area contributed by atoms with Crippen LogP contribution in [0, 0.1) is 23.7 Å². The molecule has 0 spiro atoms. The lowest BCUT2D eigenvalue weighted by Crippen LogP contribution is -2.59. The topological polar surface area (TPSA) is 167 Å². The van der Waals surface area contributed by atoms with Crippen molar-refractivity contribution < 1.29 is 38.6 Å². The van der Waals surface area contributed by atoms with Crippen molar-refractivity contribution in [3.63, 3.8) is 0 Å². The summed E-state index contributed by atoms with van der Waals surface area (Å²) in [7, 11) is 6.20. The number of ketones is 1. The molecule has 1 aromatic rings. The van der Waals surface area contributed by atoms with Gasteiger partial charge >= 0.3 is 0 Å². The molecule has 13 nitrogen and oxygen atoms in total. The number of benzene rings is 1. The summed E-state index contributed by atoms with van der Waals surface area (Å²) in [4.78, 5) is 71.9. The molecule has 0 saturated carbocycles. The Kier molecular flexibility index (Phi) is 18.6. The molecular formula is C40H67N5O8. The van der Waals surface area contributed by atoms with Crippen LogP contribution in [0.5, 0.6) is 0 Å². The van der Waals surface area contributed by atoms with Gasteiger partial charge in [-0.15, -0.1) is 0 Å². The van der Waals surface area contributed by atoms with Crippen LogP contribution < -0.4 is 16.0 Å². The summed E-state index contributed by atoms with van der Waals surface area (Å²) < 4.78 is 11.5. The Hall–Kier alpha value is -3.39. The molecule has 0 aliphatic carbocycles. The van der Waals surface area contributed by atoms with Gasteiger partial charge in [-0.2, -0.15) is 0 Å². The Morgan fingerprint density at radius 2 is 1.53 bits per heavy atom. The van der Waals surface area contributed by atoms with E-state index in [1.165, 1.54) is 19.1 Å². The molecule has 1 heterocycles. The Balaban J connectivity index is 2.22. The number of amides is 4. The normalized spacial score (nSPS) is 19.8. The average molecular weight is 746 g/mol. The lowest BCUT2D eigenvalue weighted by atomic mass is 9.90. The van der Waals surface area contributed by atoms with Crippen molar-refractivity contribution in [3.8, 4) is 0 Å². The minimum Gasteiger partial charge on any atom is -0.386 e. The van der Waals surface area contributed by atoms with Crippen LogP contribution in [0.4, 0.5) is 0 Å². The highest BCUT2D eigenvalue weighted by Crippen LogP contribution is 2.28. The van der Waals surface area contributed by atoms with Crippen LogP contribution in [-0.2, 0) is 33.4 Å². The van der Waals surface area contributed by atoms with Gasteiger partial charge in [-0.1, -0.05) is 85.2 Å². The maximum Gasteiger partial charge on any atom is 0.243 e. The number of hydrogen-bond donors (Lipinski definition) is 4. The van der Waals surface area contributed by atoms with Gasteiger partial charge in [0.05, 0.1) is 48.7 Å². The van der Waals surface area contributed by atoms with Crippen molar-refractivity contribution >= 4 is 29.4 Å². The molecule has 13 heteroatoms. The highest BCUT2D eigenvalue weighted by atomic mass is 16.5. The van der Waals surface area contributed by atoms with Crippen LogP contribution in [-0.4, -0.2) is 122 Å². The predicted molar refractivity (Wildman–Crippen MR) is 205 cm³/mol. The molecule has 4 amide bonds. The van der Waals surface area contributed by atoms with Crippen molar-refractivity contribution in [3.05, 3.63) is 35.9 Å². The van der Waals surface area contributed by atoms with Crippen LogP contribution in [0.2, 0.25) is 0 Å². The van der Waals surface area contributed by atoms with Crippen molar-refractivity contribution in [2.24, 2.45) is 23.7 Å².